The number of anilines is 3. The minimum absolute atomic E-state index is 0.602. The van der Waals surface area contributed by atoms with Crippen molar-refractivity contribution in [3.05, 3.63) is 182 Å². The van der Waals surface area contributed by atoms with Crippen LogP contribution in [-0.4, -0.2) is 4.98 Å². The number of nitrogens with zero attached hydrogens (tertiary/aromatic N) is 2. The monoisotopic (exact) mass is 694 g/mol. The molecule has 3 aromatic heterocycles. The molecule has 5 heteroatoms. The molecule has 11 aromatic rings. The molecule has 0 amide bonds. The highest BCUT2D eigenvalue weighted by molar-refractivity contribution is 6.17. The van der Waals surface area contributed by atoms with Gasteiger partial charge in [-0.1, -0.05) is 103 Å². The van der Waals surface area contributed by atoms with Gasteiger partial charge in [0.1, 0.15) is 27.8 Å². The molecule has 0 saturated heterocycles. The minimum atomic E-state index is 0.602. The Balaban J connectivity index is 0.937. The quantitative estimate of drug-likeness (QED) is 0.173. The van der Waals surface area contributed by atoms with Crippen LogP contribution in [0.5, 0.6) is 0 Å². The second-order valence-electron chi connectivity index (χ2n) is 13.5. The molecule has 254 valence electrons. The maximum atomic E-state index is 6.40. The molecule has 0 aliphatic rings. The van der Waals surface area contributed by atoms with Gasteiger partial charge >= 0.3 is 0 Å². The normalized spacial score (nSPS) is 11.7. The summed E-state index contributed by atoms with van der Waals surface area (Å²) in [5.74, 6) is 0.602. The predicted octanol–water partition coefficient (Wildman–Crippen LogP) is 14.1. The number of hydrogen-bond donors (Lipinski definition) is 0. The third-order valence-electron chi connectivity index (χ3n) is 10.3. The molecule has 5 nitrogen and oxygen atoms in total. The lowest BCUT2D eigenvalue weighted by Crippen LogP contribution is -2.09. The highest BCUT2D eigenvalue weighted by Gasteiger charge is 2.18. The van der Waals surface area contributed by atoms with Crippen LogP contribution in [0.2, 0.25) is 0 Å². The van der Waals surface area contributed by atoms with Gasteiger partial charge in [0.25, 0.3) is 0 Å². The molecule has 0 bridgehead atoms. The van der Waals surface area contributed by atoms with Crippen LogP contribution in [0.15, 0.2) is 195 Å². The molecule has 8 aromatic carbocycles. The van der Waals surface area contributed by atoms with Gasteiger partial charge in [0.05, 0.1) is 5.39 Å². The van der Waals surface area contributed by atoms with E-state index in [1.807, 2.05) is 60.7 Å². The first-order chi connectivity index (χ1) is 26.7. The molecule has 3 heterocycles. The van der Waals surface area contributed by atoms with Crippen molar-refractivity contribution < 1.29 is 13.3 Å². The van der Waals surface area contributed by atoms with E-state index in [0.29, 0.717) is 5.89 Å². The Hall–Kier alpha value is -7.37. The third-order valence-corrected chi connectivity index (χ3v) is 10.3. The molecular weight excluding hydrogens is 665 g/mol. The lowest BCUT2D eigenvalue weighted by Gasteiger charge is -2.26. The van der Waals surface area contributed by atoms with E-state index < -0.39 is 0 Å². The smallest absolute Gasteiger partial charge is 0.227 e. The molecule has 0 fully saturated rings. The topological polar surface area (TPSA) is 55.6 Å². The van der Waals surface area contributed by atoms with E-state index >= 15 is 0 Å². The lowest BCUT2D eigenvalue weighted by atomic mass is 10.0. The summed E-state index contributed by atoms with van der Waals surface area (Å²) in [6, 6.07) is 62.8. The summed E-state index contributed by atoms with van der Waals surface area (Å²) in [6.45, 7) is 0. The van der Waals surface area contributed by atoms with Gasteiger partial charge in [0.2, 0.25) is 5.89 Å². The van der Waals surface area contributed by atoms with Crippen LogP contribution >= 0.6 is 0 Å². The van der Waals surface area contributed by atoms with Gasteiger partial charge in [-0.25, -0.2) is 4.98 Å². The summed E-state index contributed by atoms with van der Waals surface area (Å²) in [7, 11) is 0. The maximum absolute atomic E-state index is 6.40. The van der Waals surface area contributed by atoms with Gasteiger partial charge in [-0.05, 0) is 95.6 Å². The molecule has 0 atom stereocenters. The van der Waals surface area contributed by atoms with Crippen LogP contribution in [0.1, 0.15) is 0 Å². The van der Waals surface area contributed by atoms with Crippen LogP contribution in [0.25, 0.3) is 88.7 Å². The average Bonchev–Trinajstić information content (AvgIpc) is 3.95. The Bertz CT molecular complexity index is 3140. The fourth-order valence-electron chi connectivity index (χ4n) is 7.73. The molecule has 54 heavy (non-hydrogen) atoms. The Morgan fingerprint density at radius 1 is 0.370 bits per heavy atom. The fourth-order valence-corrected chi connectivity index (χ4v) is 7.73. The van der Waals surface area contributed by atoms with Crippen molar-refractivity contribution in [3.63, 3.8) is 0 Å². The van der Waals surface area contributed by atoms with Crippen molar-refractivity contribution >= 4 is 72.0 Å². The van der Waals surface area contributed by atoms with Crippen molar-refractivity contribution in [2.24, 2.45) is 0 Å². The molecule has 11 rings (SSSR count). The van der Waals surface area contributed by atoms with E-state index in [2.05, 4.69) is 126 Å². The average molecular weight is 695 g/mol. The molecule has 0 aliphatic heterocycles. The summed E-state index contributed by atoms with van der Waals surface area (Å²) in [4.78, 5) is 7.18. The minimum Gasteiger partial charge on any atom is -0.456 e. The SMILES string of the molecule is c1ccc(-c2nc3c(ccc4oc5cc(-c6ccc(N(c7ccccc7)c7ccc(-c8cccc9c8oc8ccccc89)cc7)cc6)ccc5c43)o2)cc1. The van der Waals surface area contributed by atoms with Crippen LogP contribution in [0, 0.1) is 0 Å². The number of rotatable bonds is 6. The van der Waals surface area contributed by atoms with E-state index in [9.17, 15) is 0 Å². The zero-order valence-corrected chi connectivity index (χ0v) is 28.9. The van der Waals surface area contributed by atoms with Gasteiger partial charge in [-0.3, -0.25) is 0 Å². The van der Waals surface area contributed by atoms with E-state index in [1.165, 1.54) is 0 Å². The van der Waals surface area contributed by atoms with Crippen LogP contribution in [0.3, 0.4) is 0 Å². The van der Waals surface area contributed by atoms with E-state index in [1.54, 1.807) is 0 Å². The second-order valence-corrected chi connectivity index (χ2v) is 13.5. The van der Waals surface area contributed by atoms with Gasteiger partial charge < -0.3 is 18.2 Å². The summed E-state index contributed by atoms with van der Waals surface area (Å²) in [6.07, 6.45) is 0. The zero-order chi connectivity index (χ0) is 35.6. The van der Waals surface area contributed by atoms with Crippen molar-refractivity contribution in [1.29, 1.82) is 0 Å². The van der Waals surface area contributed by atoms with Crippen LogP contribution in [-0.2, 0) is 0 Å². The molecule has 0 aliphatic carbocycles. The highest BCUT2D eigenvalue weighted by atomic mass is 16.4. The van der Waals surface area contributed by atoms with E-state index in [0.717, 1.165) is 99.9 Å². The number of benzene rings is 8. The molecule has 0 N–H and O–H groups in total. The standard InChI is InChI=1S/C49H30N2O3/c1-3-10-33(11-4-1)49-50-47-44(54-49)29-28-43-46(47)41-27-22-34(30-45(41)52-43)31-18-23-36(24-19-31)51(35-12-5-2-6-13-35)37-25-20-32(21-26-37)38-15-9-16-40-39-14-7-8-17-42(39)53-48(38)40/h1-30H. The number of oxazole rings is 1. The van der Waals surface area contributed by atoms with Gasteiger partial charge in [-0.15, -0.1) is 0 Å². The number of para-hydroxylation sites is 3. The summed E-state index contributed by atoms with van der Waals surface area (Å²) in [5.41, 5.74) is 13.5. The van der Waals surface area contributed by atoms with E-state index in [4.69, 9.17) is 18.2 Å². The third kappa shape index (κ3) is 4.90. The van der Waals surface area contributed by atoms with Crippen LogP contribution in [0.4, 0.5) is 17.1 Å². The molecule has 0 unspecified atom stereocenters. The van der Waals surface area contributed by atoms with Gasteiger partial charge in [0, 0.05) is 44.3 Å². The first-order valence-corrected chi connectivity index (χ1v) is 18.0. The second kappa shape index (κ2) is 12.1. The molecular formula is C49H30N2O3. The number of hydrogen-bond acceptors (Lipinski definition) is 5. The molecule has 0 spiro atoms. The lowest BCUT2D eigenvalue weighted by molar-refractivity contribution is 0.619. The summed E-state index contributed by atoms with van der Waals surface area (Å²) < 4.78 is 18.9. The van der Waals surface area contributed by atoms with Crippen molar-refractivity contribution in [3.8, 4) is 33.7 Å². The number of fused-ring (bicyclic) bond motifs is 8. The first-order valence-electron chi connectivity index (χ1n) is 18.0. The zero-order valence-electron chi connectivity index (χ0n) is 28.9. The Labute approximate surface area is 309 Å². The van der Waals surface area contributed by atoms with Crippen molar-refractivity contribution in [2.45, 2.75) is 0 Å². The first kappa shape index (κ1) is 30.3. The number of aromatic nitrogens is 1. The highest BCUT2D eigenvalue weighted by Crippen LogP contribution is 2.41. The van der Waals surface area contributed by atoms with Crippen LogP contribution < -0.4 is 4.90 Å². The van der Waals surface area contributed by atoms with Crippen molar-refractivity contribution in [2.75, 3.05) is 4.90 Å². The summed E-state index contributed by atoms with van der Waals surface area (Å²) >= 11 is 0. The predicted molar refractivity (Wildman–Crippen MR) is 220 cm³/mol. The maximum Gasteiger partial charge on any atom is 0.227 e. The summed E-state index contributed by atoms with van der Waals surface area (Å²) in [5, 5.41) is 4.24. The largest absolute Gasteiger partial charge is 0.456 e. The molecule has 0 radical (unpaired) electrons. The van der Waals surface area contributed by atoms with Gasteiger partial charge in [0.15, 0.2) is 5.58 Å². The Kier molecular flexibility index (Phi) is 6.79. The fraction of sp³-hybridized carbons (Fsp3) is 0. The number of furan rings is 2. The van der Waals surface area contributed by atoms with Gasteiger partial charge in [-0.2, -0.15) is 0 Å². The van der Waals surface area contributed by atoms with E-state index in [-0.39, 0.29) is 0 Å². The Morgan fingerprint density at radius 3 is 1.81 bits per heavy atom. The van der Waals surface area contributed by atoms with Crippen molar-refractivity contribution in [1.82, 2.24) is 4.98 Å². The molecule has 0 saturated carbocycles. The Morgan fingerprint density at radius 2 is 1.02 bits per heavy atom.